The molecule has 2 atom stereocenters. The lowest BCUT2D eigenvalue weighted by molar-refractivity contribution is 0.164. The smallest absolute Gasteiger partial charge is 0.387 e. The number of carbonyl (C=O) groups excluding carboxylic acids is 1. The topological polar surface area (TPSA) is 74.4 Å². The fourth-order valence-corrected chi connectivity index (χ4v) is 0.645. The molecule has 1 heterocycles. The summed E-state index contributed by atoms with van der Waals surface area (Å²) in [6, 6.07) is -0.590. The summed E-state index contributed by atoms with van der Waals surface area (Å²) in [5.74, 6) is 0.0789. The Morgan fingerprint density at radius 2 is 2.00 bits per heavy atom. The maximum atomic E-state index is 10.5. The quantitative estimate of drug-likeness (QED) is 0.645. The summed E-state index contributed by atoms with van der Waals surface area (Å²) in [4.78, 5) is 13.9. The van der Waals surface area contributed by atoms with Gasteiger partial charge in [-0.3, -0.25) is 0 Å². The van der Waals surface area contributed by atoms with Gasteiger partial charge in [-0.05, 0) is 6.92 Å². The predicted octanol–water partition coefficient (Wildman–Crippen LogP) is 0.988. The Morgan fingerprint density at radius 1 is 1.36 bits per heavy atom. The van der Waals surface area contributed by atoms with E-state index in [1.54, 1.807) is 13.8 Å². The van der Waals surface area contributed by atoms with E-state index in [-0.39, 0.29) is 5.92 Å². The van der Waals surface area contributed by atoms with Crippen molar-refractivity contribution in [1.29, 1.82) is 0 Å². The molecule has 0 aromatic rings. The van der Waals surface area contributed by atoms with Crippen LogP contribution in [0.25, 0.3) is 0 Å². The number of aliphatic hydroxyl groups excluding tert-OH is 1. The molecule has 0 bridgehead atoms. The van der Waals surface area contributed by atoms with Gasteiger partial charge in [0, 0.05) is 5.92 Å². The van der Waals surface area contributed by atoms with Crippen LogP contribution in [-0.2, 0) is 0 Å². The normalized spacial score (nSPS) is 21.7. The minimum Gasteiger partial charge on any atom is -0.393 e. The predicted molar refractivity (Wildman–Crippen MR) is 38.5 cm³/mol. The van der Waals surface area contributed by atoms with Crippen molar-refractivity contribution in [1.82, 2.24) is 0 Å². The summed E-state index contributed by atoms with van der Waals surface area (Å²) in [7, 11) is 0. The number of aliphatic hydroxyl groups is 1. The van der Waals surface area contributed by atoms with Crippen molar-refractivity contribution in [3.63, 3.8) is 0 Å². The van der Waals surface area contributed by atoms with Crippen LogP contribution >= 0.6 is 0 Å². The zero-order chi connectivity index (χ0) is 8.43. The van der Waals surface area contributed by atoms with Gasteiger partial charge >= 0.3 is 6.03 Å². The minimum atomic E-state index is -0.590. The lowest BCUT2D eigenvalue weighted by Crippen LogP contribution is -2.20. The van der Waals surface area contributed by atoms with Crippen LogP contribution < -0.4 is 0 Å². The first-order valence-corrected chi connectivity index (χ1v) is 3.33. The van der Waals surface area contributed by atoms with Crippen molar-refractivity contribution in [3.8, 4) is 0 Å². The maximum absolute atomic E-state index is 10.5. The number of hydrogen-bond donors (Lipinski definition) is 1. The van der Waals surface area contributed by atoms with Crippen molar-refractivity contribution in [2.24, 2.45) is 21.1 Å². The van der Waals surface area contributed by atoms with Crippen LogP contribution in [0, 0.1) is 5.92 Å². The molecule has 0 aliphatic carbocycles. The Labute approximate surface area is 63.9 Å². The summed E-state index contributed by atoms with van der Waals surface area (Å²) in [5, 5.41) is 15.8. The Bertz CT molecular complexity index is 232. The fraction of sp³-hybridized carbons (Fsp3) is 0.667. The third-order valence-corrected chi connectivity index (χ3v) is 1.58. The number of carbonyl (C=O) groups is 1. The van der Waals surface area contributed by atoms with Crippen LogP contribution in [0.4, 0.5) is 4.79 Å². The van der Waals surface area contributed by atoms with Gasteiger partial charge in [0.05, 0.1) is 6.10 Å². The van der Waals surface area contributed by atoms with Crippen LogP contribution in [0.2, 0.25) is 0 Å². The molecule has 1 N–H and O–H groups in total. The van der Waals surface area contributed by atoms with Crippen molar-refractivity contribution in [3.05, 3.63) is 0 Å². The van der Waals surface area contributed by atoms with Gasteiger partial charge in [-0.1, -0.05) is 12.0 Å². The highest BCUT2D eigenvalue weighted by Crippen LogP contribution is 2.11. The van der Waals surface area contributed by atoms with Gasteiger partial charge in [0.25, 0.3) is 0 Å². The van der Waals surface area contributed by atoms with E-state index < -0.39 is 12.1 Å². The van der Waals surface area contributed by atoms with Crippen LogP contribution in [0.5, 0.6) is 0 Å². The SMILES string of the molecule is C[C@H](O)[C@H](C)C1=NC(=O)N=N1. The van der Waals surface area contributed by atoms with E-state index in [1.165, 1.54) is 0 Å². The van der Waals surface area contributed by atoms with Crippen LogP contribution in [0.1, 0.15) is 13.8 Å². The highest BCUT2D eigenvalue weighted by Gasteiger charge is 2.20. The number of hydrogen-bond acceptors (Lipinski definition) is 3. The standard InChI is InChI=1S/C6H9N3O2/c1-3(4(2)10)5-7-6(11)9-8-5/h3-4,10H,1-2H3/t3-,4-/m0/s1. The van der Waals surface area contributed by atoms with E-state index in [1.807, 2.05) is 0 Å². The van der Waals surface area contributed by atoms with Gasteiger partial charge in [0.1, 0.15) is 0 Å². The number of azo groups is 1. The van der Waals surface area contributed by atoms with Gasteiger partial charge in [0.2, 0.25) is 0 Å². The van der Waals surface area contributed by atoms with E-state index in [4.69, 9.17) is 5.11 Å². The second kappa shape index (κ2) is 2.87. The number of amidine groups is 1. The Morgan fingerprint density at radius 3 is 2.36 bits per heavy atom. The summed E-state index contributed by atoms with van der Waals surface area (Å²) in [6.45, 7) is 3.35. The van der Waals surface area contributed by atoms with Gasteiger partial charge in [-0.15, -0.1) is 5.11 Å². The molecule has 1 aliphatic heterocycles. The molecule has 11 heavy (non-hydrogen) atoms. The highest BCUT2D eigenvalue weighted by atomic mass is 16.3. The highest BCUT2D eigenvalue weighted by molar-refractivity contribution is 5.99. The Kier molecular flexibility index (Phi) is 2.09. The molecule has 2 amide bonds. The van der Waals surface area contributed by atoms with E-state index >= 15 is 0 Å². The first kappa shape index (κ1) is 8.00. The molecule has 0 aromatic heterocycles. The Hall–Kier alpha value is -1.10. The monoisotopic (exact) mass is 155 g/mol. The van der Waals surface area contributed by atoms with Crippen LogP contribution in [-0.4, -0.2) is 23.1 Å². The molecule has 5 nitrogen and oxygen atoms in total. The first-order valence-electron chi connectivity index (χ1n) is 3.33. The molecule has 0 fully saturated rings. The maximum Gasteiger partial charge on any atom is 0.387 e. The number of nitrogens with zero attached hydrogens (tertiary/aromatic N) is 3. The molecule has 60 valence electrons. The number of urea groups is 1. The van der Waals surface area contributed by atoms with Crippen LogP contribution in [0.15, 0.2) is 15.2 Å². The first-order chi connectivity index (χ1) is 5.11. The fourth-order valence-electron chi connectivity index (χ4n) is 0.645. The summed E-state index contributed by atoms with van der Waals surface area (Å²) in [5.41, 5.74) is 0. The second-order valence-electron chi connectivity index (χ2n) is 2.48. The zero-order valence-corrected chi connectivity index (χ0v) is 6.35. The largest absolute Gasteiger partial charge is 0.393 e. The Balaban J connectivity index is 2.70. The van der Waals surface area contributed by atoms with E-state index in [0.29, 0.717) is 5.84 Å². The molecular weight excluding hydrogens is 146 g/mol. The van der Waals surface area contributed by atoms with Crippen molar-refractivity contribution >= 4 is 11.9 Å². The average molecular weight is 155 g/mol. The van der Waals surface area contributed by atoms with Crippen molar-refractivity contribution in [2.45, 2.75) is 20.0 Å². The van der Waals surface area contributed by atoms with Gasteiger partial charge in [-0.25, -0.2) is 4.79 Å². The molecule has 0 saturated carbocycles. The minimum absolute atomic E-state index is 0.231. The average Bonchev–Trinajstić information content (AvgIpc) is 2.34. The second-order valence-corrected chi connectivity index (χ2v) is 2.48. The lowest BCUT2D eigenvalue weighted by Gasteiger charge is -2.09. The number of amides is 2. The van der Waals surface area contributed by atoms with Crippen LogP contribution in [0.3, 0.4) is 0 Å². The van der Waals surface area contributed by atoms with Crippen molar-refractivity contribution < 1.29 is 9.90 Å². The summed E-state index contributed by atoms with van der Waals surface area (Å²) in [6.07, 6.45) is -0.557. The zero-order valence-electron chi connectivity index (χ0n) is 6.35. The van der Waals surface area contributed by atoms with Crippen molar-refractivity contribution in [2.75, 3.05) is 0 Å². The summed E-state index contributed by atoms with van der Waals surface area (Å²) >= 11 is 0. The molecule has 1 aliphatic rings. The summed E-state index contributed by atoms with van der Waals surface area (Å²) < 4.78 is 0. The van der Waals surface area contributed by atoms with Gasteiger partial charge in [-0.2, -0.15) is 4.99 Å². The van der Waals surface area contributed by atoms with Gasteiger partial charge in [0.15, 0.2) is 5.84 Å². The molecule has 0 saturated heterocycles. The third-order valence-electron chi connectivity index (χ3n) is 1.58. The van der Waals surface area contributed by atoms with E-state index in [9.17, 15) is 4.79 Å². The molecular formula is C6H9N3O2. The third kappa shape index (κ3) is 1.68. The molecule has 0 radical (unpaired) electrons. The van der Waals surface area contributed by atoms with E-state index in [2.05, 4.69) is 15.2 Å². The lowest BCUT2D eigenvalue weighted by atomic mass is 10.1. The van der Waals surface area contributed by atoms with E-state index in [0.717, 1.165) is 0 Å². The molecule has 0 spiro atoms. The molecule has 1 rings (SSSR count). The molecule has 5 heteroatoms. The molecule has 0 aromatic carbocycles. The number of aliphatic imine (C=N–C) groups is 1. The van der Waals surface area contributed by atoms with Gasteiger partial charge < -0.3 is 5.11 Å². The molecule has 0 unspecified atom stereocenters. The number of rotatable bonds is 2.